The van der Waals surface area contributed by atoms with Gasteiger partial charge in [0.25, 0.3) is 0 Å². The van der Waals surface area contributed by atoms with E-state index in [1.165, 1.54) is 5.69 Å². The predicted molar refractivity (Wildman–Crippen MR) is 104 cm³/mol. The summed E-state index contributed by atoms with van der Waals surface area (Å²) in [5.41, 5.74) is 3.08. The first kappa shape index (κ1) is 18.2. The molecule has 4 N–H and O–H groups in total. The van der Waals surface area contributed by atoms with Gasteiger partial charge in [-0.05, 0) is 36.4 Å². The Kier molecular flexibility index (Phi) is 6.32. The molecule has 0 aliphatic carbocycles. The molecule has 0 atom stereocenters. The lowest BCUT2D eigenvalue weighted by Crippen LogP contribution is -2.87. The van der Waals surface area contributed by atoms with Crippen molar-refractivity contribution in [2.24, 2.45) is 0 Å². The lowest BCUT2D eigenvalue weighted by atomic mass is 10.1. The van der Waals surface area contributed by atoms with Gasteiger partial charge in [0.15, 0.2) is 0 Å². The number of aromatic nitrogens is 1. The molecule has 0 bridgehead atoms. The standard InChI is InChI=1S/C19H21Cl2N3O/c1-25-14-4-6-17-16(12-14)19(23-9-2-8-22-10-7-20)15-5-3-13(21)11-18(15)24-17/h3-6,11-12,22H,2,7-10H2,1H3,(H,23,24)/p+2. The van der Waals surface area contributed by atoms with E-state index in [0.29, 0.717) is 10.9 Å². The van der Waals surface area contributed by atoms with Crippen molar-refractivity contribution in [3.8, 4) is 5.75 Å². The van der Waals surface area contributed by atoms with E-state index in [1.54, 1.807) is 7.11 Å². The van der Waals surface area contributed by atoms with Crippen LogP contribution in [0.1, 0.15) is 6.42 Å². The van der Waals surface area contributed by atoms with Gasteiger partial charge >= 0.3 is 0 Å². The summed E-state index contributed by atoms with van der Waals surface area (Å²) in [6, 6.07) is 11.9. The molecular formula is C19H23Cl2N3O+2. The average molecular weight is 380 g/mol. The molecule has 4 nitrogen and oxygen atoms in total. The second-order valence-electron chi connectivity index (χ2n) is 5.97. The normalized spacial score (nSPS) is 11.3. The van der Waals surface area contributed by atoms with Gasteiger partial charge in [0.2, 0.25) is 0 Å². The number of quaternary nitrogens is 2. The van der Waals surface area contributed by atoms with E-state index >= 15 is 0 Å². The molecular weight excluding hydrogens is 357 g/mol. The van der Waals surface area contributed by atoms with E-state index in [0.717, 1.165) is 53.6 Å². The van der Waals surface area contributed by atoms with Crippen molar-refractivity contribution in [1.29, 1.82) is 0 Å². The summed E-state index contributed by atoms with van der Waals surface area (Å²) in [7, 11) is 1.69. The highest BCUT2D eigenvalue weighted by molar-refractivity contribution is 6.31. The van der Waals surface area contributed by atoms with Crippen LogP contribution < -0.4 is 15.4 Å². The molecule has 1 heterocycles. The number of methoxy groups -OCH3 is 1. The maximum atomic E-state index is 6.16. The minimum Gasteiger partial charge on any atom is -0.497 e. The lowest BCUT2D eigenvalue weighted by Gasteiger charge is -2.10. The number of nitrogens with zero attached hydrogens (tertiary/aromatic N) is 1. The van der Waals surface area contributed by atoms with Gasteiger partial charge in [-0.25, -0.2) is 4.98 Å². The molecule has 0 aliphatic heterocycles. The fraction of sp³-hybridized carbons (Fsp3) is 0.316. The zero-order valence-electron chi connectivity index (χ0n) is 14.3. The van der Waals surface area contributed by atoms with Crippen LogP contribution >= 0.6 is 23.2 Å². The molecule has 25 heavy (non-hydrogen) atoms. The Morgan fingerprint density at radius 1 is 1.00 bits per heavy atom. The molecule has 0 fully saturated rings. The first-order valence-corrected chi connectivity index (χ1v) is 9.42. The van der Waals surface area contributed by atoms with Crippen molar-refractivity contribution in [2.75, 3.05) is 32.6 Å². The van der Waals surface area contributed by atoms with Gasteiger partial charge in [0.05, 0.1) is 54.4 Å². The Hall–Kier alpha value is -1.59. The van der Waals surface area contributed by atoms with Crippen LogP contribution in [0.5, 0.6) is 5.75 Å². The molecule has 3 rings (SSSR count). The monoisotopic (exact) mass is 379 g/mol. The van der Waals surface area contributed by atoms with Crippen molar-refractivity contribution in [3.63, 3.8) is 0 Å². The summed E-state index contributed by atoms with van der Waals surface area (Å²) in [4.78, 5) is 4.76. The average Bonchev–Trinajstić information content (AvgIpc) is 2.63. The Morgan fingerprint density at radius 3 is 2.68 bits per heavy atom. The van der Waals surface area contributed by atoms with Crippen LogP contribution in [0, 0.1) is 0 Å². The zero-order valence-corrected chi connectivity index (χ0v) is 15.8. The van der Waals surface area contributed by atoms with Crippen molar-refractivity contribution in [2.45, 2.75) is 6.42 Å². The molecule has 0 saturated carbocycles. The molecule has 0 aliphatic rings. The number of alkyl halides is 1. The second-order valence-corrected chi connectivity index (χ2v) is 6.79. The van der Waals surface area contributed by atoms with Crippen LogP contribution in [-0.4, -0.2) is 37.6 Å². The first-order valence-electron chi connectivity index (χ1n) is 8.51. The second kappa shape index (κ2) is 8.68. The maximum absolute atomic E-state index is 6.16. The third-order valence-corrected chi connectivity index (χ3v) is 4.71. The Balaban J connectivity index is 1.95. The number of benzene rings is 2. The lowest BCUT2D eigenvalue weighted by molar-refractivity contribution is -0.658. The largest absolute Gasteiger partial charge is 0.497 e. The molecule has 2 aromatic carbocycles. The van der Waals surface area contributed by atoms with Gasteiger partial charge in [-0.3, -0.25) is 0 Å². The van der Waals surface area contributed by atoms with Crippen molar-refractivity contribution >= 4 is 50.7 Å². The molecule has 0 radical (unpaired) electrons. The molecule has 132 valence electrons. The maximum Gasteiger partial charge on any atom is 0.148 e. The molecule has 6 heteroatoms. The summed E-state index contributed by atoms with van der Waals surface area (Å²) >= 11 is 11.9. The van der Waals surface area contributed by atoms with Gasteiger partial charge < -0.3 is 15.4 Å². The number of hydrogen-bond acceptors (Lipinski definition) is 2. The number of rotatable bonds is 8. The van der Waals surface area contributed by atoms with Crippen LogP contribution in [0.4, 0.5) is 5.69 Å². The quantitative estimate of drug-likeness (QED) is 0.358. The summed E-state index contributed by atoms with van der Waals surface area (Å²) in [6.45, 7) is 3.06. The highest BCUT2D eigenvalue weighted by Crippen LogP contribution is 2.31. The van der Waals surface area contributed by atoms with Crippen LogP contribution in [0.25, 0.3) is 21.8 Å². The van der Waals surface area contributed by atoms with Crippen LogP contribution in [0.2, 0.25) is 5.02 Å². The van der Waals surface area contributed by atoms with Crippen molar-refractivity contribution in [1.82, 2.24) is 4.98 Å². The van der Waals surface area contributed by atoms with Crippen LogP contribution in [0.3, 0.4) is 0 Å². The van der Waals surface area contributed by atoms with Gasteiger partial charge in [0.1, 0.15) is 11.4 Å². The van der Waals surface area contributed by atoms with Crippen LogP contribution in [-0.2, 0) is 0 Å². The minimum absolute atomic E-state index is 0.698. The summed E-state index contributed by atoms with van der Waals surface area (Å²) in [6.07, 6.45) is 1.11. The van der Waals surface area contributed by atoms with E-state index in [2.05, 4.69) is 22.8 Å². The van der Waals surface area contributed by atoms with E-state index in [1.807, 2.05) is 24.3 Å². The molecule has 0 unspecified atom stereocenters. The van der Waals surface area contributed by atoms with Gasteiger partial charge in [-0.15, -0.1) is 11.6 Å². The number of halogens is 2. The molecule has 0 spiro atoms. The topological polar surface area (TPSA) is 55.3 Å². The van der Waals surface area contributed by atoms with Gasteiger partial charge in [-0.2, -0.15) is 0 Å². The Labute approximate surface area is 157 Å². The third-order valence-electron chi connectivity index (χ3n) is 4.26. The van der Waals surface area contributed by atoms with Crippen LogP contribution in [0.15, 0.2) is 36.4 Å². The van der Waals surface area contributed by atoms with Gasteiger partial charge in [-0.1, -0.05) is 11.6 Å². The molecule has 1 aromatic heterocycles. The number of ether oxygens (including phenoxy) is 1. The highest BCUT2D eigenvalue weighted by Gasteiger charge is 2.14. The van der Waals surface area contributed by atoms with E-state index < -0.39 is 0 Å². The SMILES string of the molecule is COc1ccc2nc3cc(Cl)ccc3c([NH2+]CCC[NH2+]CCCl)c2c1. The number of pyridine rings is 1. The number of nitrogens with two attached hydrogens (primary N) is 2. The summed E-state index contributed by atoms with van der Waals surface area (Å²) in [5, 5.41) is 7.49. The molecule has 3 aromatic rings. The number of fused-ring (bicyclic) bond motifs is 2. The summed E-state index contributed by atoms with van der Waals surface area (Å²) < 4.78 is 5.40. The zero-order chi connectivity index (χ0) is 17.6. The minimum atomic E-state index is 0.698. The fourth-order valence-corrected chi connectivity index (χ4v) is 3.33. The van der Waals surface area contributed by atoms with E-state index in [9.17, 15) is 0 Å². The van der Waals surface area contributed by atoms with Crippen molar-refractivity contribution < 1.29 is 15.4 Å². The molecule has 0 amide bonds. The fourth-order valence-electron chi connectivity index (χ4n) is 3.01. The first-order chi connectivity index (χ1) is 12.2. The summed E-state index contributed by atoms with van der Waals surface area (Å²) in [5.74, 6) is 1.54. The van der Waals surface area contributed by atoms with Gasteiger partial charge in [0, 0.05) is 11.4 Å². The van der Waals surface area contributed by atoms with Crippen molar-refractivity contribution in [3.05, 3.63) is 41.4 Å². The number of hydrogen-bond donors (Lipinski definition) is 2. The predicted octanol–water partition coefficient (Wildman–Crippen LogP) is 2.44. The highest BCUT2D eigenvalue weighted by atomic mass is 35.5. The Bertz CT molecular complexity index is 870. The Morgan fingerprint density at radius 2 is 1.88 bits per heavy atom. The van der Waals surface area contributed by atoms with E-state index in [-0.39, 0.29) is 0 Å². The molecule has 0 saturated heterocycles. The van der Waals surface area contributed by atoms with E-state index in [4.69, 9.17) is 32.9 Å². The smallest absolute Gasteiger partial charge is 0.148 e. The third kappa shape index (κ3) is 4.33.